The van der Waals surface area contributed by atoms with Gasteiger partial charge in [0.05, 0.1) is 13.2 Å². The van der Waals surface area contributed by atoms with Crippen LogP contribution in [0.15, 0.2) is 24.3 Å². The van der Waals surface area contributed by atoms with Crippen LogP contribution in [0.25, 0.3) is 0 Å². The normalized spacial score (nSPS) is 28.4. The zero-order valence-electron chi connectivity index (χ0n) is 12.0. The van der Waals surface area contributed by atoms with E-state index in [0.717, 1.165) is 18.7 Å². The molecule has 1 aromatic carbocycles. The highest BCUT2D eigenvalue weighted by molar-refractivity contribution is 5.76. The molecule has 2 heterocycles. The van der Waals surface area contributed by atoms with Gasteiger partial charge in [-0.1, -0.05) is 25.1 Å². The fourth-order valence-corrected chi connectivity index (χ4v) is 3.55. The summed E-state index contributed by atoms with van der Waals surface area (Å²) in [7, 11) is 0. The summed E-state index contributed by atoms with van der Waals surface area (Å²) in [4.78, 5) is 14.4. The molecule has 4 nitrogen and oxygen atoms in total. The third-order valence-electron chi connectivity index (χ3n) is 4.34. The summed E-state index contributed by atoms with van der Waals surface area (Å²) in [6, 6.07) is 8.30. The molecule has 2 aliphatic rings. The van der Waals surface area contributed by atoms with Crippen LogP contribution in [0.2, 0.25) is 0 Å². The minimum Gasteiger partial charge on any atom is -0.493 e. The molecule has 20 heavy (non-hydrogen) atoms. The number of nitrogens with zero attached hydrogens (tertiary/aromatic N) is 1. The maximum absolute atomic E-state index is 12.2. The van der Waals surface area contributed by atoms with Crippen LogP contribution in [-0.4, -0.2) is 36.7 Å². The lowest BCUT2D eigenvalue weighted by Crippen LogP contribution is -2.39. The van der Waals surface area contributed by atoms with E-state index >= 15 is 0 Å². The zero-order chi connectivity index (χ0) is 14.1. The molecule has 0 N–H and O–H groups in total. The van der Waals surface area contributed by atoms with E-state index in [2.05, 4.69) is 17.9 Å². The highest BCUT2D eigenvalue weighted by Gasteiger charge is 2.47. The van der Waals surface area contributed by atoms with Crippen molar-refractivity contribution in [1.82, 2.24) is 4.90 Å². The van der Waals surface area contributed by atoms with E-state index in [4.69, 9.17) is 9.47 Å². The van der Waals surface area contributed by atoms with Crippen molar-refractivity contribution in [3.8, 4) is 5.75 Å². The number of likely N-dealkylation sites (tertiary alicyclic amines) is 1. The molecule has 4 heteroatoms. The Bertz CT molecular complexity index is 502. The minimum atomic E-state index is -0.135. The number of likely N-dealkylation sites (N-methyl/N-ethyl adjacent to an activating group) is 1. The zero-order valence-corrected chi connectivity index (χ0v) is 12.0. The molecule has 0 aromatic heterocycles. The van der Waals surface area contributed by atoms with Crippen molar-refractivity contribution in [1.29, 1.82) is 0 Å². The summed E-state index contributed by atoms with van der Waals surface area (Å²) in [5.41, 5.74) is 1.21. The number of ether oxygens (including phenoxy) is 2. The van der Waals surface area contributed by atoms with Gasteiger partial charge < -0.3 is 9.47 Å². The van der Waals surface area contributed by atoms with E-state index in [9.17, 15) is 4.79 Å². The third-order valence-corrected chi connectivity index (χ3v) is 4.34. The lowest BCUT2D eigenvalue weighted by molar-refractivity contribution is -0.148. The highest BCUT2D eigenvalue weighted by atomic mass is 16.5. The molecule has 0 unspecified atom stereocenters. The molecule has 0 spiro atoms. The van der Waals surface area contributed by atoms with Gasteiger partial charge in [0, 0.05) is 17.5 Å². The second kappa shape index (κ2) is 5.44. The third kappa shape index (κ3) is 2.08. The quantitative estimate of drug-likeness (QED) is 0.794. The van der Waals surface area contributed by atoms with Gasteiger partial charge in [-0.2, -0.15) is 0 Å². The summed E-state index contributed by atoms with van der Waals surface area (Å²) < 4.78 is 11.1. The molecule has 0 amide bonds. The summed E-state index contributed by atoms with van der Waals surface area (Å²) in [6.45, 7) is 5.93. The Hall–Kier alpha value is -1.55. The van der Waals surface area contributed by atoms with Crippen LogP contribution >= 0.6 is 0 Å². The van der Waals surface area contributed by atoms with E-state index in [1.165, 1.54) is 5.56 Å². The number of hydrogen-bond acceptors (Lipinski definition) is 4. The van der Waals surface area contributed by atoms with Gasteiger partial charge in [-0.25, -0.2) is 0 Å². The molecular formula is C16H21NO3. The van der Waals surface area contributed by atoms with E-state index in [0.29, 0.717) is 19.1 Å². The van der Waals surface area contributed by atoms with Crippen LogP contribution in [-0.2, 0) is 9.53 Å². The number of esters is 1. The van der Waals surface area contributed by atoms with Crippen LogP contribution in [0.5, 0.6) is 5.75 Å². The van der Waals surface area contributed by atoms with Crippen LogP contribution in [0.4, 0.5) is 0 Å². The Balaban J connectivity index is 1.92. The van der Waals surface area contributed by atoms with Crippen molar-refractivity contribution in [3.05, 3.63) is 29.8 Å². The first kappa shape index (κ1) is 13.4. The Morgan fingerprint density at radius 2 is 2.20 bits per heavy atom. The van der Waals surface area contributed by atoms with Gasteiger partial charge in [0.2, 0.25) is 0 Å². The van der Waals surface area contributed by atoms with Crippen molar-refractivity contribution in [2.45, 2.75) is 32.4 Å². The summed E-state index contributed by atoms with van der Waals surface area (Å²) in [5, 5.41) is 0. The first-order chi connectivity index (χ1) is 9.76. The Labute approximate surface area is 119 Å². The first-order valence-electron chi connectivity index (χ1n) is 7.40. The lowest BCUT2D eigenvalue weighted by Gasteiger charge is -2.34. The van der Waals surface area contributed by atoms with E-state index in [1.54, 1.807) is 0 Å². The molecule has 108 valence electrons. The maximum atomic E-state index is 12.2. The largest absolute Gasteiger partial charge is 0.493 e. The second-order valence-corrected chi connectivity index (χ2v) is 5.39. The van der Waals surface area contributed by atoms with Crippen molar-refractivity contribution in [3.63, 3.8) is 0 Å². The van der Waals surface area contributed by atoms with E-state index < -0.39 is 0 Å². The fraction of sp³-hybridized carbons (Fsp3) is 0.562. The number of rotatable bonds is 3. The topological polar surface area (TPSA) is 38.8 Å². The summed E-state index contributed by atoms with van der Waals surface area (Å²) in [5.74, 6) is 1.23. The molecule has 1 aromatic rings. The minimum absolute atomic E-state index is 0.0961. The van der Waals surface area contributed by atoms with E-state index in [-0.39, 0.29) is 18.1 Å². The molecule has 0 aliphatic carbocycles. The molecule has 0 bridgehead atoms. The Kier molecular flexibility index (Phi) is 3.66. The van der Waals surface area contributed by atoms with Gasteiger partial charge in [-0.3, -0.25) is 9.69 Å². The SMILES string of the molecule is CCOC(=O)[C@H]1C[C@@H]2COc3ccccc3[C@@H]2N1CC. The average molecular weight is 275 g/mol. The Morgan fingerprint density at radius 1 is 1.40 bits per heavy atom. The number of carbonyl (C=O) groups excluding carboxylic acids is 1. The van der Waals surface area contributed by atoms with Gasteiger partial charge in [0.1, 0.15) is 11.8 Å². The van der Waals surface area contributed by atoms with Crippen LogP contribution in [0.1, 0.15) is 31.9 Å². The van der Waals surface area contributed by atoms with Crippen molar-refractivity contribution in [2.24, 2.45) is 5.92 Å². The van der Waals surface area contributed by atoms with Crippen LogP contribution < -0.4 is 4.74 Å². The van der Waals surface area contributed by atoms with Gasteiger partial charge in [0.25, 0.3) is 0 Å². The monoisotopic (exact) mass is 275 g/mol. The summed E-state index contributed by atoms with van der Waals surface area (Å²) in [6.07, 6.45) is 0.825. The smallest absolute Gasteiger partial charge is 0.323 e. The summed E-state index contributed by atoms with van der Waals surface area (Å²) >= 11 is 0. The maximum Gasteiger partial charge on any atom is 0.323 e. The molecular weight excluding hydrogens is 254 g/mol. The predicted molar refractivity (Wildman–Crippen MR) is 75.6 cm³/mol. The van der Waals surface area contributed by atoms with Crippen LogP contribution in [0, 0.1) is 5.92 Å². The van der Waals surface area contributed by atoms with Crippen molar-refractivity contribution < 1.29 is 14.3 Å². The Morgan fingerprint density at radius 3 is 2.95 bits per heavy atom. The lowest BCUT2D eigenvalue weighted by atomic mass is 9.91. The van der Waals surface area contributed by atoms with E-state index in [1.807, 2.05) is 25.1 Å². The molecule has 3 atom stereocenters. The standard InChI is InChI=1S/C16H21NO3/c1-3-17-13(16(18)19-4-2)9-11-10-20-14-8-6-5-7-12(14)15(11)17/h5-8,11,13,15H,3-4,9-10H2,1-2H3/t11-,13-,15-/m1/s1. The van der Waals surface area contributed by atoms with Crippen LogP contribution in [0.3, 0.4) is 0 Å². The molecule has 0 saturated carbocycles. The van der Waals surface area contributed by atoms with Gasteiger partial charge in [-0.15, -0.1) is 0 Å². The number of benzene rings is 1. The second-order valence-electron chi connectivity index (χ2n) is 5.39. The highest BCUT2D eigenvalue weighted by Crippen LogP contribution is 2.47. The van der Waals surface area contributed by atoms with Gasteiger partial charge >= 0.3 is 5.97 Å². The molecule has 1 saturated heterocycles. The number of hydrogen-bond donors (Lipinski definition) is 0. The number of fused-ring (bicyclic) bond motifs is 3. The molecule has 1 fully saturated rings. The van der Waals surface area contributed by atoms with Crippen molar-refractivity contribution in [2.75, 3.05) is 19.8 Å². The molecule has 2 aliphatic heterocycles. The fourth-order valence-electron chi connectivity index (χ4n) is 3.55. The number of para-hydroxylation sites is 1. The number of carbonyl (C=O) groups is 1. The molecule has 0 radical (unpaired) electrons. The average Bonchev–Trinajstić information content (AvgIpc) is 2.86. The first-order valence-corrected chi connectivity index (χ1v) is 7.40. The predicted octanol–water partition coefficient (Wildman–Crippen LogP) is 2.39. The van der Waals surface area contributed by atoms with Gasteiger partial charge in [0.15, 0.2) is 0 Å². The van der Waals surface area contributed by atoms with Crippen molar-refractivity contribution >= 4 is 5.97 Å². The molecule has 3 rings (SSSR count). The van der Waals surface area contributed by atoms with Gasteiger partial charge in [-0.05, 0) is 26.0 Å².